The molecule has 162 valence electrons. The molecular formula is C25H27N7. The summed E-state index contributed by atoms with van der Waals surface area (Å²) in [5, 5.41) is 4.51. The van der Waals surface area contributed by atoms with E-state index in [1.165, 1.54) is 5.56 Å². The summed E-state index contributed by atoms with van der Waals surface area (Å²) in [5.41, 5.74) is 5.18. The van der Waals surface area contributed by atoms with Crippen LogP contribution >= 0.6 is 0 Å². The first-order chi connectivity index (χ1) is 15.5. The molecule has 0 atom stereocenters. The number of aryl methyl sites for hydroxylation is 3. The predicted molar refractivity (Wildman–Crippen MR) is 130 cm³/mol. The summed E-state index contributed by atoms with van der Waals surface area (Å²) < 4.78 is 0. The van der Waals surface area contributed by atoms with Crippen molar-refractivity contribution in [2.24, 2.45) is 0 Å². The van der Waals surface area contributed by atoms with Crippen LogP contribution < -0.4 is 15.1 Å². The van der Waals surface area contributed by atoms with Crippen molar-refractivity contribution in [1.29, 1.82) is 0 Å². The Hall–Kier alpha value is -3.74. The van der Waals surface area contributed by atoms with Crippen LogP contribution in [0.5, 0.6) is 0 Å². The summed E-state index contributed by atoms with van der Waals surface area (Å²) in [6.45, 7) is 9.42. The fourth-order valence-electron chi connectivity index (χ4n) is 4.03. The van der Waals surface area contributed by atoms with Crippen molar-refractivity contribution in [2.45, 2.75) is 20.8 Å². The molecule has 7 nitrogen and oxygen atoms in total. The molecule has 3 heterocycles. The molecule has 1 fully saturated rings. The largest absolute Gasteiger partial charge is 0.340 e. The Kier molecular flexibility index (Phi) is 5.31. The summed E-state index contributed by atoms with van der Waals surface area (Å²) >= 11 is 0. The molecule has 0 saturated carbocycles. The molecule has 1 N–H and O–H groups in total. The molecule has 1 aliphatic rings. The Balaban J connectivity index is 1.40. The van der Waals surface area contributed by atoms with Crippen LogP contribution in [0.15, 0.2) is 54.6 Å². The number of aromatic nitrogens is 4. The molecule has 0 bridgehead atoms. The third-order valence-corrected chi connectivity index (χ3v) is 5.72. The van der Waals surface area contributed by atoms with E-state index < -0.39 is 0 Å². The summed E-state index contributed by atoms with van der Waals surface area (Å²) in [6.07, 6.45) is 0. The maximum atomic E-state index is 4.92. The van der Waals surface area contributed by atoms with E-state index in [-0.39, 0.29) is 0 Å². The van der Waals surface area contributed by atoms with Crippen LogP contribution in [0.4, 0.5) is 23.4 Å². The van der Waals surface area contributed by atoms with Gasteiger partial charge in [-0.2, -0.15) is 4.98 Å². The van der Waals surface area contributed by atoms with Gasteiger partial charge in [0.05, 0.1) is 5.52 Å². The number of benzene rings is 2. The predicted octanol–water partition coefficient (Wildman–Crippen LogP) is 4.42. The van der Waals surface area contributed by atoms with Gasteiger partial charge in [0, 0.05) is 48.6 Å². The zero-order valence-corrected chi connectivity index (χ0v) is 18.7. The SMILES string of the molecule is Cc1ccc(Nc2nc(N3CCN(c4nc(C)cc(C)n4)CC3)nc3ccccc23)cc1. The lowest BCUT2D eigenvalue weighted by molar-refractivity contribution is 0.627. The Bertz CT molecular complexity index is 1220. The number of fused-ring (bicyclic) bond motifs is 1. The van der Waals surface area contributed by atoms with Gasteiger partial charge in [-0.25, -0.2) is 15.0 Å². The molecule has 1 aliphatic heterocycles. The van der Waals surface area contributed by atoms with Crippen LogP contribution in [0.3, 0.4) is 0 Å². The molecule has 2 aromatic carbocycles. The topological polar surface area (TPSA) is 70.1 Å². The molecule has 0 aliphatic carbocycles. The highest BCUT2D eigenvalue weighted by Gasteiger charge is 2.22. The maximum Gasteiger partial charge on any atom is 0.228 e. The second kappa shape index (κ2) is 8.42. The fourth-order valence-corrected chi connectivity index (χ4v) is 4.03. The van der Waals surface area contributed by atoms with Gasteiger partial charge in [-0.15, -0.1) is 0 Å². The van der Waals surface area contributed by atoms with Gasteiger partial charge < -0.3 is 15.1 Å². The Labute approximate surface area is 188 Å². The Morgan fingerprint density at radius 3 is 1.94 bits per heavy atom. The molecule has 0 radical (unpaired) electrons. The summed E-state index contributed by atoms with van der Waals surface area (Å²) in [5.74, 6) is 2.39. The highest BCUT2D eigenvalue weighted by atomic mass is 15.4. The molecule has 0 spiro atoms. The van der Waals surface area contributed by atoms with Gasteiger partial charge in [0.1, 0.15) is 5.82 Å². The van der Waals surface area contributed by atoms with Crippen molar-refractivity contribution < 1.29 is 0 Å². The van der Waals surface area contributed by atoms with E-state index in [4.69, 9.17) is 9.97 Å². The van der Waals surface area contributed by atoms with E-state index in [1.807, 2.05) is 38.1 Å². The van der Waals surface area contributed by atoms with Crippen molar-refractivity contribution >= 4 is 34.3 Å². The van der Waals surface area contributed by atoms with Crippen molar-refractivity contribution in [3.63, 3.8) is 0 Å². The smallest absolute Gasteiger partial charge is 0.228 e. The van der Waals surface area contributed by atoms with Crippen LogP contribution in [0, 0.1) is 20.8 Å². The van der Waals surface area contributed by atoms with Crippen LogP contribution in [0.2, 0.25) is 0 Å². The average Bonchev–Trinajstić information content (AvgIpc) is 2.80. The minimum Gasteiger partial charge on any atom is -0.340 e. The second-order valence-corrected chi connectivity index (χ2v) is 8.31. The molecule has 32 heavy (non-hydrogen) atoms. The van der Waals surface area contributed by atoms with Crippen LogP contribution in [0.1, 0.15) is 17.0 Å². The first-order valence-electron chi connectivity index (χ1n) is 11.0. The molecule has 5 rings (SSSR count). The summed E-state index contributed by atoms with van der Waals surface area (Å²) in [7, 11) is 0. The molecule has 2 aromatic heterocycles. The van der Waals surface area contributed by atoms with Crippen molar-refractivity contribution in [3.05, 3.63) is 71.5 Å². The van der Waals surface area contributed by atoms with E-state index in [1.54, 1.807) is 0 Å². The molecule has 1 saturated heterocycles. The number of hydrogen-bond acceptors (Lipinski definition) is 7. The lowest BCUT2D eigenvalue weighted by Gasteiger charge is -2.35. The van der Waals surface area contributed by atoms with Gasteiger partial charge in [0.25, 0.3) is 0 Å². The number of rotatable bonds is 4. The zero-order valence-electron chi connectivity index (χ0n) is 18.7. The molecule has 4 aromatic rings. The zero-order chi connectivity index (χ0) is 22.1. The quantitative estimate of drug-likeness (QED) is 0.519. The van der Waals surface area contributed by atoms with E-state index >= 15 is 0 Å². The van der Waals surface area contributed by atoms with Gasteiger partial charge in [0.2, 0.25) is 11.9 Å². The molecular weight excluding hydrogens is 398 g/mol. The minimum absolute atomic E-state index is 0.749. The minimum atomic E-state index is 0.749. The number of nitrogens with one attached hydrogen (secondary N) is 1. The van der Waals surface area contributed by atoms with E-state index in [0.717, 1.165) is 71.9 Å². The lowest BCUT2D eigenvalue weighted by Crippen LogP contribution is -2.47. The van der Waals surface area contributed by atoms with E-state index in [9.17, 15) is 0 Å². The number of hydrogen-bond donors (Lipinski definition) is 1. The van der Waals surface area contributed by atoms with E-state index in [2.05, 4.69) is 62.3 Å². The van der Waals surface area contributed by atoms with E-state index in [0.29, 0.717) is 0 Å². The highest BCUT2D eigenvalue weighted by molar-refractivity contribution is 5.91. The van der Waals surface area contributed by atoms with Crippen molar-refractivity contribution in [1.82, 2.24) is 19.9 Å². The first-order valence-corrected chi connectivity index (χ1v) is 11.0. The molecule has 0 unspecified atom stereocenters. The molecule has 7 heteroatoms. The number of piperazine rings is 1. The summed E-state index contributed by atoms with van der Waals surface area (Å²) in [4.78, 5) is 23.5. The third kappa shape index (κ3) is 4.19. The molecule has 0 amide bonds. The monoisotopic (exact) mass is 425 g/mol. The van der Waals surface area contributed by atoms with Crippen LogP contribution in [0.25, 0.3) is 10.9 Å². The Morgan fingerprint density at radius 1 is 0.688 bits per heavy atom. The van der Waals surface area contributed by atoms with Crippen LogP contribution in [-0.2, 0) is 0 Å². The second-order valence-electron chi connectivity index (χ2n) is 8.31. The normalized spacial score (nSPS) is 14.1. The fraction of sp³-hybridized carbons (Fsp3) is 0.280. The number of nitrogens with zero attached hydrogens (tertiary/aromatic N) is 6. The lowest BCUT2D eigenvalue weighted by atomic mass is 10.2. The van der Waals surface area contributed by atoms with Crippen molar-refractivity contribution in [3.8, 4) is 0 Å². The average molecular weight is 426 g/mol. The summed E-state index contributed by atoms with van der Waals surface area (Å²) in [6, 6.07) is 18.5. The maximum absolute atomic E-state index is 4.92. The van der Waals surface area contributed by atoms with Crippen LogP contribution in [-0.4, -0.2) is 46.1 Å². The van der Waals surface area contributed by atoms with Gasteiger partial charge in [0.15, 0.2) is 0 Å². The van der Waals surface area contributed by atoms with Gasteiger partial charge in [-0.3, -0.25) is 0 Å². The van der Waals surface area contributed by atoms with Gasteiger partial charge >= 0.3 is 0 Å². The Morgan fingerprint density at radius 2 is 1.28 bits per heavy atom. The standard InChI is InChI=1S/C25H27N7/c1-17-8-10-20(11-9-17)28-23-21-6-4-5-7-22(21)29-25(30-23)32-14-12-31(13-15-32)24-26-18(2)16-19(3)27-24/h4-11,16H,12-15H2,1-3H3,(H,28,29,30). The third-order valence-electron chi connectivity index (χ3n) is 5.72. The van der Waals surface area contributed by atoms with Gasteiger partial charge in [-0.1, -0.05) is 29.8 Å². The first kappa shape index (κ1) is 20.2. The van der Waals surface area contributed by atoms with Crippen molar-refractivity contribution in [2.75, 3.05) is 41.3 Å². The number of anilines is 4. The van der Waals surface area contributed by atoms with Gasteiger partial charge in [-0.05, 0) is 51.1 Å². The number of para-hydroxylation sites is 1. The highest BCUT2D eigenvalue weighted by Crippen LogP contribution is 2.27.